The molecule has 0 saturated carbocycles. The molecule has 3 saturated heterocycles. The summed E-state index contributed by atoms with van der Waals surface area (Å²) in [7, 11) is -4.35. The number of hydrogen-bond donors (Lipinski definition) is 1. The van der Waals surface area contributed by atoms with E-state index in [4.69, 9.17) is 18.5 Å². The first-order valence-electron chi connectivity index (χ1n) is 18.3. The number of quaternary nitrogens is 1. The Labute approximate surface area is 274 Å². The smallest absolute Gasteiger partial charge is 0.458 e. The number of rotatable bonds is 25. The molecule has 4 aliphatic rings. The standard InChI is InChI=1S/C36H64NO7P/c1-4-5-6-7-8-9-10-11-12-13-14-15-16-17-27-41-29-35(44-32(2)38)30-42-45(39,40)43-31-36(3)23-18-19-34(28-36)37-24-20-33(21-25-37)22-26-37/h18-19,23,33,35H,4-17,20-22,24-31H2,1-3H3/p+1. The zero-order valence-electron chi connectivity index (χ0n) is 28.9. The van der Waals surface area contributed by atoms with Crippen LogP contribution < -0.4 is 0 Å². The van der Waals surface area contributed by atoms with E-state index < -0.39 is 19.9 Å². The van der Waals surface area contributed by atoms with Gasteiger partial charge in [-0.05, 0) is 18.4 Å². The molecule has 0 amide bonds. The van der Waals surface area contributed by atoms with Crippen LogP contribution >= 0.6 is 7.82 Å². The number of carbonyl (C=O) groups excluding carboxylic acids is 1. The number of unbranched alkanes of at least 4 members (excludes halogenated alkanes) is 13. The zero-order valence-corrected chi connectivity index (χ0v) is 29.7. The zero-order chi connectivity index (χ0) is 32.4. The van der Waals surface area contributed by atoms with Crippen LogP contribution in [0.25, 0.3) is 0 Å². The second-order valence-electron chi connectivity index (χ2n) is 14.3. The van der Waals surface area contributed by atoms with E-state index in [0.717, 1.165) is 29.7 Å². The highest BCUT2D eigenvalue weighted by Crippen LogP contribution is 2.48. The topological polar surface area (TPSA) is 91.3 Å². The summed E-state index contributed by atoms with van der Waals surface area (Å²) in [4.78, 5) is 22.1. The predicted molar refractivity (Wildman–Crippen MR) is 181 cm³/mol. The lowest BCUT2D eigenvalue weighted by atomic mass is 9.79. The molecule has 0 aromatic heterocycles. The van der Waals surface area contributed by atoms with Crippen molar-refractivity contribution in [2.45, 2.75) is 142 Å². The van der Waals surface area contributed by atoms with Crippen molar-refractivity contribution in [3.8, 4) is 0 Å². The van der Waals surface area contributed by atoms with Gasteiger partial charge in [-0.1, -0.05) is 109 Å². The Hall–Kier alpha value is -1.02. The SMILES string of the molecule is CCCCCCCCCCCCCCCCOCC(COP(=O)(O)OCC1(C)C=CC=C([N+]23CCC(CC2)CC3)C1)OC(C)=O. The summed E-state index contributed by atoms with van der Waals surface area (Å²) in [5, 5.41) is 0. The lowest BCUT2D eigenvalue weighted by molar-refractivity contribution is -0.909. The number of piperidine rings is 3. The molecule has 3 heterocycles. The van der Waals surface area contributed by atoms with Crippen molar-refractivity contribution in [3.63, 3.8) is 0 Å². The summed E-state index contributed by atoms with van der Waals surface area (Å²) in [5.41, 5.74) is 1.01. The summed E-state index contributed by atoms with van der Waals surface area (Å²) in [6.45, 7) is 9.73. The lowest BCUT2D eigenvalue weighted by Crippen LogP contribution is -2.58. The number of phosphoric ester groups is 1. The highest BCUT2D eigenvalue weighted by molar-refractivity contribution is 7.47. The number of ether oxygens (including phenoxy) is 2. The molecule has 2 bridgehead atoms. The number of carbonyl (C=O) groups is 1. The molecule has 0 radical (unpaired) electrons. The summed E-state index contributed by atoms with van der Waals surface area (Å²) in [5.74, 6) is 0.410. The molecule has 8 nitrogen and oxygen atoms in total. The Morgan fingerprint density at radius 3 is 2.02 bits per heavy atom. The lowest BCUT2D eigenvalue weighted by Gasteiger charge is -2.51. The summed E-state index contributed by atoms with van der Waals surface area (Å²) in [6, 6.07) is 0. The maximum Gasteiger partial charge on any atom is 0.472 e. The first-order chi connectivity index (χ1) is 21.7. The molecule has 9 heteroatoms. The van der Waals surface area contributed by atoms with Gasteiger partial charge >= 0.3 is 13.8 Å². The molecule has 260 valence electrons. The third kappa shape index (κ3) is 14.7. The highest BCUT2D eigenvalue weighted by Gasteiger charge is 2.45. The first-order valence-corrected chi connectivity index (χ1v) is 19.8. The van der Waals surface area contributed by atoms with E-state index in [1.165, 1.54) is 129 Å². The van der Waals surface area contributed by atoms with Gasteiger partial charge in [0, 0.05) is 44.6 Å². The van der Waals surface area contributed by atoms with Crippen molar-refractivity contribution >= 4 is 13.8 Å². The van der Waals surface area contributed by atoms with Crippen molar-refractivity contribution in [2.75, 3.05) is 46.1 Å². The molecule has 4 rings (SSSR count). The van der Waals surface area contributed by atoms with Gasteiger partial charge in [0.25, 0.3) is 0 Å². The van der Waals surface area contributed by atoms with Gasteiger partial charge in [-0.25, -0.2) is 4.57 Å². The van der Waals surface area contributed by atoms with Crippen LogP contribution in [0.5, 0.6) is 0 Å². The van der Waals surface area contributed by atoms with Gasteiger partial charge < -0.3 is 14.4 Å². The van der Waals surface area contributed by atoms with E-state index in [0.29, 0.717) is 6.61 Å². The van der Waals surface area contributed by atoms with Gasteiger partial charge in [-0.2, -0.15) is 0 Å². The van der Waals surface area contributed by atoms with Gasteiger partial charge in [-0.3, -0.25) is 18.3 Å². The van der Waals surface area contributed by atoms with Crippen LogP contribution in [0.4, 0.5) is 0 Å². The van der Waals surface area contributed by atoms with Crippen LogP contribution in [0.1, 0.15) is 136 Å². The molecule has 1 N–H and O–H groups in total. The summed E-state index contributed by atoms with van der Waals surface area (Å²) >= 11 is 0. The molecule has 1 aliphatic carbocycles. The Kier molecular flexibility index (Phi) is 17.4. The average molecular weight is 655 g/mol. The second-order valence-corrected chi connectivity index (χ2v) is 15.8. The number of fused-ring (bicyclic) bond motifs is 3. The Morgan fingerprint density at radius 1 is 0.911 bits per heavy atom. The Morgan fingerprint density at radius 2 is 1.47 bits per heavy atom. The fourth-order valence-corrected chi connectivity index (χ4v) is 8.13. The van der Waals surface area contributed by atoms with E-state index >= 15 is 0 Å². The molecular formula is C36H65NO7P+. The largest absolute Gasteiger partial charge is 0.472 e. The second kappa shape index (κ2) is 20.4. The quantitative estimate of drug-likeness (QED) is 0.0455. The number of allylic oxidation sites excluding steroid dienone is 3. The van der Waals surface area contributed by atoms with Crippen LogP contribution in [-0.2, 0) is 27.9 Å². The molecule has 45 heavy (non-hydrogen) atoms. The number of hydrogen-bond acceptors (Lipinski definition) is 6. The average Bonchev–Trinajstić information content (AvgIpc) is 3.03. The fraction of sp³-hybridized carbons (Fsp3) is 0.861. The molecule has 3 atom stereocenters. The third-order valence-corrected chi connectivity index (χ3v) is 11.1. The van der Waals surface area contributed by atoms with Gasteiger partial charge in [-0.15, -0.1) is 0 Å². The Balaban J connectivity index is 1.25. The number of esters is 1. The van der Waals surface area contributed by atoms with Crippen LogP contribution in [0.15, 0.2) is 23.9 Å². The molecular weight excluding hydrogens is 589 g/mol. The molecule has 0 spiro atoms. The van der Waals surface area contributed by atoms with Crippen molar-refractivity contribution < 1.29 is 37.3 Å². The van der Waals surface area contributed by atoms with Crippen LogP contribution in [0, 0.1) is 11.3 Å². The van der Waals surface area contributed by atoms with Crippen LogP contribution in [0.2, 0.25) is 0 Å². The predicted octanol–water partition coefficient (Wildman–Crippen LogP) is 9.03. The molecule has 3 aliphatic heterocycles. The maximum absolute atomic E-state index is 12.8. The number of nitrogens with zero attached hydrogens (tertiary/aromatic N) is 1. The van der Waals surface area contributed by atoms with Gasteiger partial charge in [0.05, 0.1) is 39.5 Å². The van der Waals surface area contributed by atoms with Crippen molar-refractivity contribution in [2.24, 2.45) is 11.3 Å². The third-order valence-electron chi connectivity index (χ3n) is 10.1. The highest BCUT2D eigenvalue weighted by atomic mass is 31.2. The van der Waals surface area contributed by atoms with E-state index in [1.54, 1.807) is 0 Å². The van der Waals surface area contributed by atoms with Gasteiger partial charge in [0.15, 0.2) is 0 Å². The minimum atomic E-state index is -4.35. The van der Waals surface area contributed by atoms with E-state index in [-0.39, 0.29) is 25.2 Å². The van der Waals surface area contributed by atoms with Gasteiger partial charge in [0.2, 0.25) is 0 Å². The van der Waals surface area contributed by atoms with E-state index in [1.807, 2.05) is 0 Å². The fourth-order valence-electron chi connectivity index (χ4n) is 7.24. The van der Waals surface area contributed by atoms with Crippen LogP contribution in [-0.4, -0.2) is 67.5 Å². The normalized spacial score (nSPS) is 26.4. The van der Waals surface area contributed by atoms with Crippen molar-refractivity contribution in [1.82, 2.24) is 0 Å². The molecule has 3 unspecified atom stereocenters. The minimum absolute atomic E-state index is 0.0745. The summed E-state index contributed by atoms with van der Waals surface area (Å²) < 4.78 is 35.7. The van der Waals surface area contributed by atoms with E-state index in [9.17, 15) is 14.3 Å². The summed E-state index contributed by atoms with van der Waals surface area (Å²) in [6.07, 6.45) is 28.5. The molecule has 3 fully saturated rings. The number of phosphoric acid groups is 1. The monoisotopic (exact) mass is 654 g/mol. The molecule has 0 aromatic rings. The minimum Gasteiger partial charge on any atom is -0.458 e. The van der Waals surface area contributed by atoms with E-state index in [2.05, 4.69) is 32.1 Å². The first kappa shape index (κ1) is 38.4. The molecule has 0 aromatic carbocycles. The van der Waals surface area contributed by atoms with Crippen LogP contribution in [0.3, 0.4) is 0 Å². The van der Waals surface area contributed by atoms with Crippen molar-refractivity contribution in [1.29, 1.82) is 0 Å². The van der Waals surface area contributed by atoms with Gasteiger partial charge in [0.1, 0.15) is 11.8 Å². The maximum atomic E-state index is 12.8. The Bertz CT molecular complexity index is 947. The van der Waals surface area contributed by atoms with Crippen molar-refractivity contribution in [3.05, 3.63) is 23.9 Å².